The van der Waals surface area contributed by atoms with Gasteiger partial charge in [-0.05, 0) is 56.7 Å². The summed E-state index contributed by atoms with van der Waals surface area (Å²) in [7, 11) is 0. The normalized spacial score (nSPS) is 23.2. The molecule has 2 fully saturated rings. The molecule has 2 aliphatic rings. The molecule has 23 heavy (non-hydrogen) atoms. The minimum atomic E-state index is -0.293. The van der Waals surface area contributed by atoms with Crippen molar-refractivity contribution in [3.05, 3.63) is 29.6 Å². The number of nitrogens with two attached hydrogens (primary N) is 1. The van der Waals surface area contributed by atoms with Crippen molar-refractivity contribution >= 4 is 11.6 Å². The lowest BCUT2D eigenvalue weighted by atomic mass is 9.92. The van der Waals surface area contributed by atoms with E-state index >= 15 is 0 Å². The Labute approximate surface area is 137 Å². The summed E-state index contributed by atoms with van der Waals surface area (Å²) in [5, 5.41) is 0. The summed E-state index contributed by atoms with van der Waals surface area (Å²) < 4.78 is 14.4. The molecule has 0 spiro atoms. The maximum absolute atomic E-state index is 14.4. The molecule has 0 bridgehead atoms. The molecule has 0 radical (unpaired) electrons. The van der Waals surface area contributed by atoms with Gasteiger partial charge in [0.1, 0.15) is 5.82 Å². The topological polar surface area (TPSA) is 49.6 Å². The molecule has 2 saturated heterocycles. The first kappa shape index (κ1) is 16.2. The van der Waals surface area contributed by atoms with Crippen LogP contribution >= 0.6 is 0 Å². The second-order valence-corrected chi connectivity index (χ2v) is 6.87. The average Bonchev–Trinajstić information content (AvgIpc) is 3.08. The van der Waals surface area contributed by atoms with E-state index in [1.54, 1.807) is 12.1 Å². The van der Waals surface area contributed by atoms with E-state index in [4.69, 9.17) is 5.73 Å². The van der Waals surface area contributed by atoms with Gasteiger partial charge < -0.3 is 15.5 Å². The molecule has 0 unspecified atom stereocenters. The number of rotatable bonds is 3. The minimum absolute atomic E-state index is 0.0813. The second kappa shape index (κ2) is 6.87. The first-order valence-corrected chi connectivity index (χ1v) is 8.65. The predicted molar refractivity (Wildman–Crippen MR) is 90.1 cm³/mol. The number of amides is 1. The fourth-order valence-electron chi connectivity index (χ4n) is 3.66. The van der Waals surface area contributed by atoms with Crippen molar-refractivity contribution in [3.63, 3.8) is 0 Å². The van der Waals surface area contributed by atoms with Crippen LogP contribution in [-0.2, 0) is 0 Å². The highest BCUT2D eigenvalue weighted by atomic mass is 19.1. The van der Waals surface area contributed by atoms with Crippen LogP contribution in [0, 0.1) is 11.7 Å². The summed E-state index contributed by atoms with van der Waals surface area (Å²) in [6.45, 7) is 5.19. The quantitative estimate of drug-likeness (QED) is 0.932. The molecule has 3 rings (SSSR count). The summed E-state index contributed by atoms with van der Waals surface area (Å²) in [6, 6.07) is 4.99. The first-order chi connectivity index (χ1) is 11.1. The van der Waals surface area contributed by atoms with Crippen LogP contribution in [0.15, 0.2) is 18.2 Å². The van der Waals surface area contributed by atoms with E-state index in [1.807, 2.05) is 11.8 Å². The third kappa shape index (κ3) is 3.50. The van der Waals surface area contributed by atoms with Crippen LogP contribution in [0.4, 0.5) is 10.1 Å². The molecular weight excluding hydrogens is 293 g/mol. The van der Waals surface area contributed by atoms with Gasteiger partial charge >= 0.3 is 0 Å². The van der Waals surface area contributed by atoms with Crippen molar-refractivity contribution in [2.75, 3.05) is 31.1 Å². The third-order valence-corrected chi connectivity index (χ3v) is 5.13. The van der Waals surface area contributed by atoms with Crippen molar-refractivity contribution in [2.24, 2.45) is 11.7 Å². The Kier molecular flexibility index (Phi) is 4.85. The zero-order valence-corrected chi connectivity index (χ0v) is 13.8. The van der Waals surface area contributed by atoms with Crippen molar-refractivity contribution in [3.8, 4) is 0 Å². The fourth-order valence-corrected chi connectivity index (χ4v) is 3.66. The van der Waals surface area contributed by atoms with Crippen LogP contribution in [0.2, 0.25) is 0 Å². The van der Waals surface area contributed by atoms with Crippen molar-refractivity contribution in [1.29, 1.82) is 0 Å². The number of halogens is 1. The Morgan fingerprint density at radius 2 is 2.00 bits per heavy atom. The summed E-state index contributed by atoms with van der Waals surface area (Å²) in [5.41, 5.74) is 7.04. The number of benzene rings is 1. The molecule has 0 aromatic heterocycles. The SMILES string of the molecule is C[C@@H](N)[C@H]1CCCN(C(=O)c2ccc(N3CCCC3)c(F)c2)C1. The lowest BCUT2D eigenvalue weighted by Crippen LogP contribution is -2.45. The Balaban J connectivity index is 1.73. The molecule has 4 nitrogen and oxygen atoms in total. The van der Waals surface area contributed by atoms with E-state index < -0.39 is 0 Å². The fraction of sp³-hybridized carbons (Fsp3) is 0.611. The van der Waals surface area contributed by atoms with Gasteiger partial charge in [-0.25, -0.2) is 4.39 Å². The van der Waals surface area contributed by atoms with Crippen molar-refractivity contribution < 1.29 is 9.18 Å². The number of carbonyl (C=O) groups is 1. The molecule has 1 aromatic rings. The average molecular weight is 319 g/mol. The molecule has 2 atom stereocenters. The molecular formula is C18H26FN3O. The lowest BCUT2D eigenvalue weighted by Gasteiger charge is -2.34. The molecule has 0 aliphatic carbocycles. The van der Waals surface area contributed by atoms with Gasteiger partial charge in [0.05, 0.1) is 5.69 Å². The van der Waals surface area contributed by atoms with Gasteiger partial charge in [0.15, 0.2) is 0 Å². The zero-order chi connectivity index (χ0) is 16.4. The van der Waals surface area contributed by atoms with Crippen LogP contribution < -0.4 is 10.6 Å². The number of carbonyl (C=O) groups excluding carboxylic acids is 1. The summed E-state index contributed by atoms with van der Waals surface area (Å²) in [5.74, 6) is -0.0397. The van der Waals surface area contributed by atoms with Gasteiger partial charge in [0, 0.05) is 37.8 Å². The molecule has 2 heterocycles. The number of hydrogen-bond acceptors (Lipinski definition) is 3. The van der Waals surface area contributed by atoms with Crippen LogP contribution in [0.3, 0.4) is 0 Å². The molecule has 5 heteroatoms. The molecule has 1 aromatic carbocycles. The second-order valence-electron chi connectivity index (χ2n) is 6.87. The molecule has 126 valence electrons. The van der Waals surface area contributed by atoms with Gasteiger partial charge in [-0.3, -0.25) is 4.79 Å². The molecule has 2 N–H and O–H groups in total. The first-order valence-electron chi connectivity index (χ1n) is 8.65. The minimum Gasteiger partial charge on any atom is -0.369 e. The zero-order valence-electron chi connectivity index (χ0n) is 13.8. The van der Waals surface area contributed by atoms with E-state index in [0.29, 0.717) is 23.7 Å². The largest absolute Gasteiger partial charge is 0.369 e. The summed E-state index contributed by atoms with van der Waals surface area (Å²) in [6.07, 6.45) is 4.23. The number of nitrogens with zero attached hydrogens (tertiary/aromatic N) is 2. The van der Waals surface area contributed by atoms with Gasteiger partial charge in [0.25, 0.3) is 5.91 Å². The van der Waals surface area contributed by atoms with E-state index in [0.717, 1.165) is 45.3 Å². The Hall–Kier alpha value is -1.62. The monoisotopic (exact) mass is 319 g/mol. The van der Waals surface area contributed by atoms with Crippen LogP contribution in [0.25, 0.3) is 0 Å². The van der Waals surface area contributed by atoms with Crippen molar-refractivity contribution in [1.82, 2.24) is 4.90 Å². The Morgan fingerprint density at radius 3 is 2.65 bits per heavy atom. The number of piperidine rings is 1. The van der Waals surface area contributed by atoms with Gasteiger partial charge in [-0.1, -0.05) is 0 Å². The highest BCUT2D eigenvalue weighted by Gasteiger charge is 2.27. The molecule has 2 aliphatic heterocycles. The third-order valence-electron chi connectivity index (χ3n) is 5.13. The van der Waals surface area contributed by atoms with E-state index in [-0.39, 0.29) is 17.8 Å². The maximum atomic E-state index is 14.4. The standard InChI is InChI=1S/C18H26FN3O/c1-13(20)15-5-4-10-22(12-15)18(23)14-6-7-17(16(19)11-14)21-8-2-3-9-21/h6-7,11,13,15H,2-5,8-10,12,20H2,1H3/t13-,15+/m1/s1. The van der Waals surface area contributed by atoms with Crippen molar-refractivity contribution in [2.45, 2.75) is 38.6 Å². The van der Waals surface area contributed by atoms with Gasteiger partial charge in [-0.15, -0.1) is 0 Å². The van der Waals surface area contributed by atoms with Crippen LogP contribution in [0.5, 0.6) is 0 Å². The number of hydrogen-bond donors (Lipinski definition) is 1. The summed E-state index contributed by atoms with van der Waals surface area (Å²) >= 11 is 0. The predicted octanol–water partition coefficient (Wildman–Crippen LogP) is 2.63. The summed E-state index contributed by atoms with van der Waals surface area (Å²) in [4.78, 5) is 16.5. The smallest absolute Gasteiger partial charge is 0.253 e. The lowest BCUT2D eigenvalue weighted by molar-refractivity contribution is 0.0660. The Morgan fingerprint density at radius 1 is 1.26 bits per heavy atom. The van der Waals surface area contributed by atoms with Crippen LogP contribution in [0.1, 0.15) is 43.0 Å². The van der Waals surface area contributed by atoms with E-state index in [1.165, 1.54) is 6.07 Å². The Bertz CT molecular complexity index is 569. The number of anilines is 1. The number of likely N-dealkylation sites (tertiary alicyclic amines) is 1. The maximum Gasteiger partial charge on any atom is 0.253 e. The van der Waals surface area contributed by atoms with Crippen LogP contribution in [-0.4, -0.2) is 43.0 Å². The van der Waals surface area contributed by atoms with Gasteiger partial charge in [0.2, 0.25) is 0 Å². The van der Waals surface area contributed by atoms with E-state index in [2.05, 4.69) is 4.90 Å². The highest BCUT2D eigenvalue weighted by molar-refractivity contribution is 5.94. The molecule has 1 amide bonds. The highest BCUT2D eigenvalue weighted by Crippen LogP contribution is 2.26. The van der Waals surface area contributed by atoms with Gasteiger partial charge in [-0.2, -0.15) is 0 Å². The molecule has 0 saturated carbocycles. The van der Waals surface area contributed by atoms with E-state index in [9.17, 15) is 9.18 Å².